The number of hydrogen-bond acceptors (Lipinski definition) is 5. The van der Waals surface area contributed by atoms with Crippen molar-refractivity contribution < 1.29 is 12.9 Å². The minimum Gasteiger partial charge on any atom is -0.334 e. The predicted octanol–water partition coefficient (Wildman–Crippen LogP) is 5.92. The van der Waals surface area contributed by atoms with E-state index in [1.165, 1.54) is 0 Å². The molecule has 9 heteroatoms. The van der Waals surface area contributed by atoms with Crippen LogP contribution in [-0.4, -0.2) is 29.4 Å². The molecular formula is C26H23ClN4O3S. The van der Waals surface area contributed by atoms with E-state index < -0.39 is 15.6 Å². The van der Waals surface area contributed by atoms with E-state index in [-0.39, 0.29) is 0 Å². The first-order valence-corrected chi connectivity index (χ1v) is 13.3. The molecule has 3 aromatic carbocycles. The Balaban J connectivity index is 1.76. The van der Waals surface area contributed by atoms with Crippen LogP contribution in [0.5, 0.6) is 0 Å². The predicted molar refractivity (Wildman–Crippen MR) is 138 cm³/mol. The van der Waals surface area contributed by atoms with Crippen molar-refractivity contribution in [2.45, 2.75) is 18.9 Å². The number of aromatic nitrogens is 3. The van der Waals surface area contributed by atoms with Crippen LogP contribution in [-0.2, 0) is 15.6 Å². The SMILES string of the molecule is CC[C@@](c1ccc(Cl)cc1)(c1noc(-c2ccccc2)n1)n1ccc2c(NS(C)(=O)=O)cccc21. The summed E-state index contributed by atoms with van der Waals surface area (Å²) in [4.78, 5) is 4.82. The maximum atomic E-state index is 12.0. The number of anilines is 1. The van der Waals surface area contributed by atoms with Gasteiger partial charge in [0.15, 0.2) is 0 Å². The van der Waals surface area contributed by atoms with Gasteiger partial charge in [0.2, 0.25) is 15.8 Å². The van der Waals surface area contributed by atoms with Crippen LogP contribution >= 0.6 is 11.6 Å². The highest BCUT2D eigenvalue weighted by atomic mass is 35.5. The smallest absolute Gasteiger partial charge is 0.258 e. The molecule has 5 rings (SSSR count). The first-order chi connectivity index (χ1) is 16.8. The second-order valence-electron chi connectivity index (χ2n) is 8.31. The summed E-state index contributed by atoms with van der Waals surface area (Å²) in [6.45, 7) is 2.05. The molecule has 0 saturated carbocycles. The fourth-order valence-electron chi connectivity index (χ4n) is 4.51. The zero-order valence-electron chi connectivity index (χ0n) is 19.1. The summed E-state index contributed by atoms with van der Waals surface area (Å²) in [6.07, 6.45) is 3.65. The van der Waals surface area contributed by atoms with E-state index in [4.69, 9.17) is 21.1 Å². The zero-order valence-corrected chi connectivity index (χ0v) is 20.7. The molecule has 1 atom stereocenters. The molecule has 0 amide bonds. The van der Waals surface area contributed by atoms with E-state index in [1.54, 1.807) is 6.07 Å². The van der Waals surface area contributed by atoms with Crippen LogP contribution in [0.15, 0.2) is 89.6 Å². The molecule has 35 heavy (non-hydrogen) atoms. The number of nitrogens with one attached hydrogen (secondary N) is 1. The van der Waals surface area contributed by atoms with Crippen molar-refractivity contribution in [1.29, 1.82) is 0 Å². The monoisotopic (exact) mass is 506 g/mol. The zero-order chi connectivity index (χ0) is 24.6. The van der Waals surface area contributed by atoms with Crippen molar-refractivity contribution in [2.24, 2.45) is 0 Å². The van der Waals surface area contributed by atoms with Gasteiger partial charge in [0.25, 0.3) is 5.89 Å². The van der Waals surface area contributed by atoms with Gasteiger partial charge < -0.3 is 9.09 Å². The van der Waals surface area contributed by atoms with Crippen molar-refractivity contribution in [3.63, 3.8) is 0 Å². The summed E-state index contributed by atoms with van der Waals surface area (Å²) < 4.78 is 34.3. The minimum absolute atomic E-state index is 0.420. The molecular weight excluding hydrogens is 484 g/mol. The van der Waals surface area contributed by atoms with Crippen molar-refractivity contribution in [1.82, 2.24) is 14.7 Å². The van der Waals surface area contributed by atoms with Gasteiger partial charge in [-0.3, -0.25) is 4.72 Å². The molecule has 2 heterocycles. The minimum atomic E-state index is -3.45. The Morgan fingerprint density at radius 2 is 1.74 bits per heavy atom. The Morgan fingerprint density at radius 3 is 2.43 bits per heavy atom. The van der Waals surface area contributed by atoms with E-state index >= 15 is 0 Å². The molecule has 0 aliphatic rings. The van der Waals surface area contributed by atoms with Crippen molar-refractivity contribution in [3.8, 4) is 11.5 Å². The van der Waals surface area contributed by atoms with E-state index in [1.807, 2.05) is 79.0 Å². The normalized spacial score (nSPS) is 13.6. The second kappa shape index (κ2) is 8.87. The van der Waals surface area contributed by atoms with Gasteiger partial charge in [0.1, 0.15) is 5.54 Å². The molecule has 0 spiro atoms. The number of fused-ring (bicyclic) bond motifs is 1. The summed E-state index contributed by atoms with van der Waals surface area (Å²) in [7, 11) is -3.45. The lowest BCUT2D eigenvalue weighted by molar-refractivity contribution is 0.360. The van der Waals surface area contributed by atoms with Crippen LogP contribution in [0.2, 0.25) is 5.02 Å². The number of sulfonamides is 1. The van der Waals surface area contributed by atoms with Crippen molar-refractivity contribution >= 4 is 38.2 Å². The largest absolute Gasteiger partial charge is 0.334 e. The standard InChI is InChI=1S/C26H23ClN4O3S/c1-3-26(19-12-14-20(27)15-13-19,25-28-24(34-29-25)18-8-5-4-6-9-18)31-17-16-21-22(30-35(2,32)33)10-7-11-23(21)31/h4-17,30H,3H2,1-2H3/t26-/m1/s1. The lowest BCUT2D eigenvalue weighted by atomic mass is 9.85. The quantitative estimate of drug-likeness (QED) is 0.296. The lowest BCUT2D eigenvalue weighted by Crippen LogP contribution is -2.36. The van der Waals surface area contributed by atoms with Gasteiger partial charge >= 0.3 is 0 Å². The molecule has 0 bridgehead atoms. The molecule has 0 aliphatic heterocycles. The molecule has 7 nitrogen and oxygen atoms in total. The fraction of sp³-hybridized carbons (Fsp3) is 0.154. The van der Waals surface area contributed by atoms with Gasteiger partial charge in [-0.1, -0.05) is 60.1 Å². The van der Waals surface area contributed by atoms with Crippen LogP contribution in [0.1, 0.15) is 24.7 Å². The van der Waals surface area contributed by atoms with E-state index in [0.29, 0.717) is 28.8 Å². The molecule has 1 N–H and O–H groups in total. The summed E-state index contributed by atoms with van der Waals surface area (Å²) in [6, 6.07) is 24.6. The first-order valence-electron chi connectivity index (χ1n) is 11.1. The van der Waals surface area contributed by atoms with E-state index in [0.717, 1.165) is 28.3 Å². The summed E-state index contributed by atoms with van der Waals surface area (Å²) in [5.41, 5.74) is 2.23. The van der Waals surface area contributed by atoms with E-state index in [9.17, 15) is 8.42 Å². The van der Waals surface area contributed by atoms with E-state index in [2.05, 4.69) is 21.4 Å². The van der Waals surface area contributed by atoms with Crippen LogP contribution < -0.4 is 4.72 Å². The van der Waals surface area contributed by atoms with Crippen molar-refractivity contribution in [2.75, 3.05) is 11.0 Å². The maximum absolute atomic E-state index is 12.0. The maximum Gasteiger partial charge on any atom is 0.258 e. The van der Waals surface area contributed by atoms with Gasteiger partial charge in [0.05, 0.1) is 17.5 Å². The van der Waals surface area contributed by atoms with Gasteiger partial charge in [-0.05, 0) is 54.4 Å². The number of benzene rings is 3. The number of nitrogens with zero attached hydrogens (tertiary/aromatic N) is 3. The highest BCUT2D eigenvalue weighted by molar-refractivity contribution is 7.92. The Morgan fingerprint density at radius 1 is 1.00 bits per heavy atom. The molecule has 2 aromatic heterocycles. The number of rotatable bonds is 7. The molecule has 5 aromatic rings. The van der Waals surface area contributed by atoms with Gasteiger partial charge in [-0.2, -0.15) is 4.98 Å². The third-order valence-corrected chi connectivity index (χ3v) is 6.93. The highest BCUT2D eigenvalue weighted by Gasteiger charge is 2.40. The summed E-state index contributed by atoms with van der Waals surface area (Å²) in [5.74, 6) is 0.906. The molecule has 0 aliphatic carbocycles. The fourth-order valence-corrected chi connectivity index (χ4v) is 5.22. The molecule has 0 saturated heterocycles. The van der Waals surface area contributed by atoms with Gasteiger partial charge in [-0.15, -0.1) is 0 Å². The summed E-state index contributed by atoms with van der Waals surface area (Å²) >= 11 is 6.22. The average Bonchev–Trinajstić information content (AvgIpc) is 3.50. The third kappa shape index (κ3) is 4.19. The average molecular weight is 507 g/mol. The molecule has 0 radical (unpaired) electrons. The van der Waals surface area contributed by atoms with Crippen LogP contribution in [0.4, 0.5) is 5.69 Å². The van der Waals surface area contributed by atoms with Crippen LogP contribution in [0.3, 0.4) is 0 Å². The Labute approximate surface area is 208 Å². The molecule has 0 unspecified atom stereocenters. The Bertz CT molecular complexity index is 1590. The highest BCUT2D eigenvalue weighted by Crippen LogP contribution is 2.41. The van der Waals surface area contributed by atoms with Crippen molar-refractivity contribution in [3.05, 3.63) is 101 Å². The second-order valence-corrected chi connectivity index (χ2v) is 10.5. The third-order valence-electron chi connectivity index (χ3n) is 6.09. The number of hydrogen-bond donors (Lipinski definition) is 1. The van der Waals surface area contributed by atoms with Gasteiger partial charge in [-0.25, -0.2) is 8.42 Å². The number of halogens is 1. The molecule has 178 valence electrons. The van der Waals surface area contributed by atoms with Gasteiger partial charge in [0, 0.05) is 22.2 Å². The Kier molecular flexibility index (Phi) is 5.86. The lowest BCUT2D eigenvalue weighted by Gasteiger charge is -2.33. The topological polar surface area (TPSA) is 90.0 Å². The molecule has 0 fully saturated rings. The summed E-state index contributed by atoms with van der Waals surface area (Å²) in [5, 5.41) is 5.81. The first kappa shape index (κ1) is 23.1. The Hall–Kier alpha value is -3.62. The van der Waals surface area contributed by atoms with Crippen LogP contribution in [0, 0.1) is 0 Å². The van der Waals surface area contributed by atoms with Crippen LogP contribution in [0.25, 0.3) is 22.4 Å².